The van der Waals surface area contributed by atoms with Gasteiger partial charge < -0.3 is 19.9 Å². The van der Waals surface area contributed by atoms with Crippen molar-refractivity contribution in [3.8, 4) is 5.75 Å². The van der Waals surface area contributed by atoms with Crippen LogP contribution in [0.4, 0.5) is 15.6 Å². The van der Waals surface area contributed by atoms with Gasteiger partial charge in [-0.05, 0) is 42.0 Å². The van der Waals surface area contributed by atoms with E-state index in [1.807, 2.05) is 53.4 Å². The second-order valence-corrected chi connectivity index (χ2v) is 8.10. The Morgan fingerprint density at radius 3 is 2.47 bits per heavy atom. The highest BCUT2D eigenvalue weighted by atomic mass is 35.5. The molecule has 0 radical (unpaired) electrons. The molecule has 0 atom stereocenters. The largest absolute Gasteiger partial charge is 0.497 e. The Kier molecular flexibility index (Phi) is 6.35. The van der Waals surface area contributed by atoms with Crippen LogP contribution in [0.25, 0.3) is 0 Å². The van der Waals surface area contributed by atoms with Gasteiger partial charge in [0.2, 0.25) is 5.13 Å². The van der Waals surface area contributed by atoms with Crippen LogP contribution in [0.3, 0.4) is 0 Å². The Hall–Kier alpha value is -2.84. The number of nitrogens with one attached hydrogen (secondary N) is 1. The maximum atomic E-state index is 12.5. The monoisotopic (exact) mass is 443 g/mol. The molecule has 9 heteroatoms. The highest BCUT2D eigenvalue weighted by Crippen LogP contribution is 2.22. The number of hydrogen-bond acceptors (Lipinski definition) is 6. The van der Waals surface area contributed by atoms with Crippen LogP contribution in [0.5, 0.6) is 5.75 Å². The Morgan fingerprint density at radius 1 is 1.10 bits per heavy atom. The fraction of sp³-hybridized carbons (Fsp3) is 0.286. The Labute approximate surface area is 184 Å². The number of aromatic nitrogens is 2. The van der Waals surface area contributed by atoms with E-state index in [4.69, 9.17) is 16.3 Å². The first-order valence-corrected chi connectivity index (χ1v) is 10.8. The lowest BCUT2D eigenvalue weighted by Gasteiger charge is -2.34. The lowest BCUT2D eigenvalue weighted by Crippen LogP contribution is -2.50. The highest BCUT2D eigenvalue weighted by molar-refractivity contribution is 7.09. The van der Waals surface area contributed by atoms with Gasteiger partial charge in [0.1, 0.15) is 11.6 Å². The van der Waals surface area contributed by atoms with E-state index in [9.17, 15) is 4.79 Å². The third kappa shape index (κ3) is 5.01. The summed E-state index contributed by atoms with van der Waals surface area (Å²) in [6.07, 6.45) is 0.678. The molecule has 156 valence electrons. The third-order valence-corrected chi connectivity index (χ3v) is 5.98. The number of halogens is 1. The number of benzene rings is 2. The van der Waals surface area contributed by atoms with Gasteiger partial charge in [-0.25, -0.2) is 9.78 Å². The Bertz CT molecular complexity index is 985. The van der Waals surface area contributed by atoms with Crippen molar-refractivity contribution in [2.24, 2.45) is 0 Å². The van der Waals surface area contributed by atoms with Gasteiger partial charge in [-0.1, -0.05) is 23.7 Å². The van der Waals surface area contributed by atoms with Crippen molar-refractivity contribution in [2.75, 3.05) is 43.5 Å². The number of rotatable bonds is 5. The predicted molar refractivity (Wildman–Crippen MR) is 120 cm³/mol. The molecule has 2 aromatic carbocycles. The van der Waals surface area contributed by atoms with Gasteiger partial charge in [-0.3, -0.25) is 0 Å². The topological polar surface area (TPSA) is 70.6 Å². The van der Waals surface area contributed by atoms with Crippen molar-refractivity contribution in [2.45, 2.75) is 6.42 Å². The predicted octanol–water partition coefficient (Wildman–Crippen LogP) is 4.15. The van der Waals surface area contributed by atoms with Crippen molar-refractivity contribution in [3.63, 3.8) is 0 Å². The van der Waals surface area contributed by atoms with Crippen molar-refractivity contribution >= 4 is 40.0 Å². The minimum atomic E-state index is -0.0968. The molecule has 1 fully saturated rings. The number of nitrogens with zero attached hydrogens (tertiary/aromatic N) is 4. The van der Waals surface area contributed by atoms with E-state index in [1.165, 1.54) is 11.5 Å². The Morgan fingerprint density at radius 2 is 1.80 bits per heavy atom. The molecule has 1 aliphatic rings. The smallest absolute Gasteiger partial charge is 0.321 e. The van der Waals surface area contributed by atoms with Crippen molar-refractivity contribution in [1.82, 2.24) is 14.3 Å². The number of urea groups is 1. The Balaban J connectivity index is 1.29. The zero-order valence-corrected chi connectivity index (χ0v) is 18.1. The zero-order valence-electron chi connectivity index (χ0n) is 16.5. The van der Waals surface area contributed by atoms with Crippen molar-refractivity contribution in [1.29, 1.82) is 0 Å². The molecule has 0 aliphatic carbocycles. The number of hydrogen-bond donors (Lipinski definition) is 1. The summed E-state index contributed by atoms with van der Waals surface area (Å²) in [4.78, 5) is 21.2. The molecule has 0 spiro atoms. The molecular formula is C21H22ClN5O2S. The number of ether oxygens (including phenoxy) is 1. The van der Waals surface area contributed by atoms with Crippen molar-refractivity contribution in [3.05, 3.63) is 64.9 Å². The standard InChI is InChI=1S/C21H22ClN5O2S/c1-29-18-8-6-17(7-9-18)23-20(28)26-10-12-27(13-11-26)21-24-19(25-30-21)14-15-2-4-16(22)5-3-15/h2-9H,10-14H2,1H3,(H,23,28). The minimum Gasteiger partial charge on any atom is -0.497 e. The summed E-state index contributed by atoms with van der Waals surface area (Å²) in [6, 6.07) is 14.9. The number of anilines is 2. The first-order chi connectivity index (χ1) is 14.6. The lowest BCUT2D eigenvalue weighted by atomic mass is 10.1. The number of carbonyl (C=O) groups excluding carboxylic acids is 1. The first kappa shape index (κ1) is 20.4. The molecule has 0 unspecified atom stereocenters. The number of piperazine rings is 1. The normalized spacial score (nSPS) is 13.9. The molecule has 2 amide bonds. The van der Waals surface area contributed by atoms with E-state index in [2.05, 4.69) is 19.6 Å². The van der Waals surface area contributed by atoms with Gasteiger partial charge in [0.05, 0.1) is 7.11 Å². The summed E-state index contributed by atoms with van der Waals surface area (Å²) < 4.78 is 9.63. The highest BCUT2D eigenvalue weighted by Gasteiger charge is 2.23. The first-order valence-electron chi connectivity index (χ1n) is 9.62. The second kappa shape index (κ2) is 9.32. The van der Waals surface area contributed by atoms with Gasteiger partial charge in [0.15, 0.2) is 0 Å². The van der Waals surface area contributed by atoms with E-state index in [-0.39, 0.29) is 6.03 Å². The SMILES string of the molecule is COc1ccc(NC(=O)N2CCN(c3nc(Cc4ccc(Cl)cc4)ns3)CC2)cc1. The fourth-order valence-corrected chi connectivity index (χ4v) is 4.07. The average molecular weight is 444 g/mol. The minimum absolute atomic E-state index is 0.0968. The summed E-state index contributed by atoms with van der Waals surface area (Å²) in [5.74, 6) is 1.56. The summed E-state index contributed by atoms with van der Waals surface area (Å²) in [5, 5.41) is 4.55. The fourth-order valence-electron chi connectivity index (χ4n) is 3.21. The number of carbonyl (C=O) groups is 1. The van der Waals surface area contributed by atoms with Crippen LogP contribution in [0.2, 0.25) is 5.02 Å². The average Bonchev–Trinajstić information content (AvgIpc) is 3.24. The van der Waals surface area contributed by atoms with Gasteiger partial charge in [-0.15, -0.1) is 0 Å². The molecule has 4 rings (SSSR count). The molecule has 3 aromatic rings. The summed E-state index contributed by atoms with van der Waals surface area (Å²) in [5.41, 5.74) is 1.88. The van der Waals surface area contributed by atoms with Crippen LogP contribution in [0.1, 0.15) is 11.4 Å². The summed E-state index contributed by atoms with van der Waals surface area (Å²) in [6.45, 7) is 2.72. The van der Waals surface area contributed by atoms with Crippen LogP contribution < -0.4 is 15.0 Å². The van der Waals surface area contributed by atoms with E-state index < -0.39 is 0 Å². The third-order valence-electron chi connectivity index (χ3n) is 4.91. The van der Waals surface area contributed by atoms with E-state index in [0.717, 1.165) is 46.1 Å². The van der Waals surface area contributed by atoms with Crippen LogP contribution in [0, 0.1) is 0 Å². The van der Waals surface area contributed by atoms with E-state index >= 15 is 0 Å². The maximum absolute atomic E-state index is 12.5. The van der Waals surface area contributed by atoms with Crippen LogP contribution in [-0.2, 0) is 6.42 Å². The summed E-state index contributed by atoms with van der Waals surface area (Å²) in [7, 11) is 1.62. The molecule has 30 heavy (non-hydrogen) atoms. The maximum Gasteiger partial charge on any atom is 0.321 e. The lowest BCUT2D eigenvalue weighted by molar-refractivity contribution is 0.208. The second-order valence-electron chi connectivity index (χ2n) is 6.93. The quantitative estimate of drug-likeness (QED) is 0.641. The summed E-state index contributed by atoms with van der Waals surface area (Å²) >= 11 is 7.34. The number of methoxy groups -OCH3 is 1. The molecule has 7 nitrogen and oxygen atoms in total. The molecule has 1 saturated heterocycles. The van der Waals surface area contributed by atoms with E-state index in [1.54, 1.807) is 7.11 Å². The van der Waals surface area contributed by atoms with Gasteiger partial charge >= 0.3 is 6.03 Å². The molecule has 0 saturated carbocycles. The number of amides is 2. The van der Waals surface area contributed by atoms with Gasteiger partial charge in [0, 0.05) is 54.8 Å². The van der Waals surface area contributed by atoms with Crippen molar-refractivity contribution < 1.29 is 9.53 Å². The van der Waals surface area contributed by atoms with Gasteiger partial charge in [-0.2, -0.15) is 4.37 Å². The van der Waals surface area contributed by atoms with Gasteiger partial charge in [0.25, 0.3) is 0 Å². The van der Waals surface area contributed by atoms with E-state index in [0.29, 0.717) is 19.5 Å². The van der Waals surface area contributed by atoms with Crippen LogP contribution in [0.15, 0.2) is 48.5 Å². The zero-order chi connectivity index (χ0) is 20.9. The molecule has 1 aliphatic heterocycles. The molecule has 2 heterocycles. The van der Waals surface area contributed by atoms with Crippen LogP contribution in [-0.4, -0.2) is 53.6 Å². The molecule has 0 bridgehead atoms. The molecular weight excluding hydrogens is 422 g/mol. The molecule has 1 aromatic heterocycles. The molecule has 1 N–H and O–H groups in total. The van der Waals surface area contributed by atoms with Crippen LogP contribution >= 0.6 is 23.1 Å².